The zero-order valence-corrected chi connectivity index (χ0v) is 10.3. The fourth-order valence-electron chi connectivity index (χ4n) is 1.53. The van der Waals surface area contributed by atoms with Crippen molar-refractivity contribution in [2.45, 2.75) is 6.54 Å². The molecule has 1 aromatic carbocycles. The minimum absolute atomic E-state index is 0.125. The van der Waals surface area contributed by atoms with Crippen LogP contribution in [0, 0.1) is 10.1 Å². The summed E-state index contributed by atoms with van der Waals surface area (Å²) in [4.78, 5) is 14.6. The number of hydrogen-bond acceptors (Lipinski definition) is 5. The lowest BCUT2D eigenvalue weighted by atomic mass is 10.2. The van der Waals surface area contributed by atoms with Crippen LogP contribution in [-0.2, 0) is 6.54 Å². The predicted molar refractivity (Wildman–Crippen MR) is 66.4 cm³/mol. The van der Waals surface area contributed by atoms with Crippen LogP contribution in [0.25, 0.3) is 11.5 Å². The van der Waals surface area contributed by atoms with Gasteiger partial charge in [0.25, 0.3) is 5.69 Å². The molecule has 1 heterocycles. The van der Waals surface area contributed by atoms with Crippen molar-refractivity contribution in [1.29, 1.82) is 0 Å². The second-order valence-corrected chi connectivity index (χ2v) is 4.03. The van der Waals surface area contributed by atoms with Crippen molar-refractivity contribution in [3.63, 3.8) is 0 Å². The third kappa shape index (κ3) is 2.49. The van der Waals surface area contributed by atoms with Crippen molar-refractivity contribution < 1.29 is 9.34 Å². The maximum Gasteiger partial charge on any atom is 0.283 e. The van der Waals surface area contributed by atoms with E-state index in [2.05, 4.69) is 10.3 Å². The molecule has 7 heteroatoms. The first-order valence-electron chi connectivity index (χ1n) is 5.15. The van der Waals surface area contributed by atoms with Crippen LogP contribution in [0.2, 0.25) is 5.02 Å². The number of benzene rings is 1. The highest BCUT2D eigenvalue weighted by Gasteiger charge is 2.19. The maximum absolute atomic E-state index is 10.9. The molecule has 0 bridgehead atoms. The molecule has 0 aliphatic rings. The van der Waals surface area contributed by atoms with Gasteiger partial charge >= 0.3 is 0 Å². The van der Waals surface area contributed by atoms with Crippen LogP contribution < -0.4 is 5.32 Å². The first kappa shape index (κ1) is 12.5. The minimum atomic E-state index is -0.511. The second-order valence-electron chi connectivity index (χ2n) is 3.59. The summed E-state index contributed by atoms with van der Waals surface area (Å²) in [6.07, 6.45) is 1.46. The number of nitro groups is 1. The normalized spacial score (nSPS) is 10.6. The van der Waals surface area contributed by atoms with E-state index in [0.29, 0.717) is 22.8 Å². The van der Waals surface area contributed by atoms with Crippen LogP contribution >= 0.6 is 11.6 Å². The van der Waals surface area contributed by atoms with Gasteiger partial charge in [-0.3, -0.25) is 10.1 Å². The Morgan fingerprint density at radius 2 is 2.33 bits per heavy atom. The minimum Gasteiger partial charge on any atom is -0.444 e. The van der Waals surface area contributed by atoms with Gasteiger partial charge < -0.3 is 9.73 Å². The Balaban J connectivity index is 2.45. The molecule has 2 aromatic rings. The van der Waals surface area contributed by atoms with E-state index < -0.39 is 4.92 Å². The Morgan fingerprint density at radius 3 is 3.00 bits per heavy atom. The Morgan fingerprint density at radius 1 is 1.56 bits per heavy atom. The number of halogens is 1. The van der Waals surface area contributed by atoms with E-state index in [4.69, 9.17) is 16.0 Å². The van der Waals surface area contributed by atoms with Crippen LogP contribution in [0.5, 0.6) is 0 Å². The monoisotopic (exact) mass is 267 g/mol. The highest BCUT2D eigenvalue weighted by Crippen LogP contribution is 2.31. The molecule has 0 spiro atoms. The molecular formula is C11H10ClN3O3. The summed E-state index contributed by atoms with van der Waals surface area (Å²) < 4.78 is 5.24. The van der Waals surface area contributed by atoms with Gasteiger partial charge in [-0.2, -0.15) is 0 Å². The first-order valence-corrected chi connectivity index (χ1v) is 5.53. The third-order valence-electron chi connectivity index (χ3n) is 2.30. The molecule has 0 aliphatic heterocycles. The summed E-state index contributed by atoms with van der Waals surface area (Å²) in [5.74, 6) is 0.212. The Bertz CT molecular complexity index is 583. The Labute approximate surface area is 108 Å². The fraction of sp³-hybridized carbons (Fsp3) is 0.182. The van der Waals surface area contributed by atoms with Crippen molar-refractivity contribution in [1.82, 2.24) is 10.3 Å². The Hall–Kier alpha value is -1.92. The predicted octanol–water partition coefficient (Wildman–Crippen LogP) is 2.62. The number of nitrogens with zero attached hydrogens (tertiary/aromatic N) is 2. The van der Waals surface area contributed by atoms with Gasteiger partial charge in [-0.15, -0.1) is 0 Å². The van der Waals surface area contributed by atoms with Crippen molar-refractivity contribution in [2.75, 3.05) is 7.05 Å². The van der Waals surface area contributed by atoms with Gasteiger partial charge in [0, 0.05) is 17.6 Å². The molecule has 6 nitrogen and oxygen atoms in total. The van der Waals surface area contributed by atoms with Gasteiger partial charge in [0.05, 0.1) is 10.6 Å². The molecule has 94 valence electrons. The van der Waals surface area contributed by atoms with E-state index >= 15 is 0 Å². The molecule has 0 fully saturated rings. The molecule has 1 N–H and O–H groups in total. The SMILES string of the molecule is CNCc1coc(-c2ccc(Cl)cc2[N+](=O)[O-])n1. The Kier molecular flexibility index (Phi) is 3.59. The molecule has 0 saturated carbocycles. The highest BCUT2D eigenvalue weighted by atomic mass is 35.5. The number of nitro benzene ring substituents is 1. The van der Waals surface area contributed by atoms with E-state index in [1.807, 2.05) is 0 Å². The van der Waals surface area contributed by atoms with E-state index in [9.17, 15) is 10.1 Å². The van der Waals surface area contributed by atoms with E-state index in [0.717, 1.165) is 0 Å². The van der Waals surface area contributed by atoms with Crippen LogP contribution in [0.1, 0.15) is 5.69 Å². The molecule has 2 rings (SSSR count). The average molecular weight is 268 g/mol. The fourth-order valence-corrected chi connectivity index (χ4v) is 1.70. The molecular weight excluding hydrogens is 258 g/mol. The van der Waals surface area contributed by atoms with Crippen LogP contribution in [0.4, 0.5) is 5.69 Å². The van der Waals surface area contributed by atoms with E-state index in [1.54, 1.807) is 13.1 Å². The molecule has 1 aromatic heterocycles. The maximum atomic E-state index is 10.9. The first-order chi connectivity index (χ1) is 8.61. The number of rotatable bonds is 4. The van der Waals surface area contributed by atoms with Crippen molar-refractivity contribution in [3.8, 4) is 11.5 Å². The highest BCUT2D eigenvalue weighted by molar-refractivity contribution is 6.30. The molecule has 0 aliphatic carbocycles. The number of oxazole rings is 1. The van der Waals surface area contributed by atoms with Gasteiger partial charge in [0.15, 0.2) is 0 Å². The van der Waals surface area contributed by atoms with Crippen molar-refractivity contribution in [2.24, 2.45) is 0 Å². The lowest BCUT2D eigenvalue weighted by Gasteiger charge is -1.98. The topological polar surface area (TPSA) is 81.2 Å². The summed E-state index contributed by atoms with van der Waals surface area (Å²) in [6, 6.07) is 4.36. The molecule has 0 amide bonds. The van der Waals surface area contributed by atoms with Crippen LogP contribution in [0.3, 0.4) is 0 Å². The van der Waals surface area contributed by atoms with Crippen molar-refractivity contribution >= 4 is 17.3 Å². The number of nitrogens with one attached hydrogen (secondary N) is 1. The summed E-state index contributed by atoms with van der Waals surface area (Å²) in [5, 5.41) is 14.2. The molecule has 0 radical (unpaired) electrons. The standard InChI is InChI=1S/C11H10ClN3O3/c1-13-5-8-6-18-11(14-8)9-3-2-7(12)4-10(9)15(16)17/h2-4,6,13H,5H2,1H3. The van der Waals surface area contributed by atoms with E-state index in [-0.39, 0.29) is 11.6 Å². The molecule has 0 atom stereocenters. The largest absolute Gasteiger partial charge is 0.444 e. The molecule has 18 heavy (non-hydrogen) atoms. The number of hydrogen-bond donors (Lipinski definition) is 1. The second kappa shape index (κ2) is 5.16. The van der Waals surface area contributed by atoms with Crippen LogP contribution in [0.15, 0.2) is 28.9 Å². The van der Waals surface area contributed by atoms with E-state index in [1.165, 1.54) is 18.4 Å². The lowest BCUT2D eigenvalue weighted by Crippen LogP contribution is -2.04. The van der Waals surface area contributed by atoms with Crippen LogP contribution in [-0.4, -0.2) is 17.0 Å². The molecule has 0 saturated heterocycles. The zero-order valence-electron chi connectivity index (χ0n) is 9.51. The quantitative estimate of drug-likeness (QED) is 0.680. The van der Waals surface area contributed by atoms with Gasteiger partial charge in [-0.1, -0.05) is 11.6 Å². The van der Waals surface area contributed by atoms with Gasteiger partial charge in [0.2, 0.25) is 5.89 Å². The molecule has 0 unspecified atom stereocenters. The lowest BCUT2D eigenvalue weighted by molar-refractivity contribution is -0.384. The summed E-state index contributed by atoms with van der Waals surface area (Å²) in [5.41, 5.74) is 0.865. The summed E-state index contributed by atoms with van der Waals surface area (Å²) in [6.45, 7) is 0.533. The summed E-state index contributed by atoms with van der Waals surface area (Å²) >= 11 is 5.74. The average Bonchev–Trinajstić information content (AvgIpc) is 2.78. The van der Waals surface area contributed by atoms with Gasteiger partial charge in [0.1, 0.15) is 11.8 Å². The van der Waals surface area contributed by atoms with Crippen molar-refractivity contribution in [3.05, 3.63) is 45.3 Å². The third-order valence-corrected chi connectivity index (χ3v) is 2.53. The van der Waals surface area contributed by atoms with Gasteiger partial charge in [-0.25, -0.2) is 4.98 Å². The number of aromatic nitrogens is 1. The summed E-state index contributed by atoms with van der Waals surface area (Å²) in [7, 11) is 1.78. The smallest absolute Gasteiger partial charge is 0.283 e. The van der Waals surface area contributed by atoms with Gasteiger partial charge in [-0.05, 0) is 19.2 Å². The zero-order chi connectivity index (χ0) is 13.1.